The number of ether oxygens (including phenoxy) is 2. The molecule has 0 bridgehead atoms. The van der Waals surface area contributed by atoms with Crippen LogP contribution in [0.25, 0.3) is 0 Å². The lowest BCUT2D eigenvalue weighted by atomic mass is 10.1. The monoisotopic (exact) mass is 544 g/mol. The SMILES string of the molecule is CCNC(=NCc1cccc(OC)c1)NCC(c1cccs1)N1CCOC(C)C1.I. The fraction of sp³-hybridized carbons (Fsp3) is 0.500. The molecule has 2 N–H and O–H groups in total. The number of methoxy groups -OCH3 is 1. The van der Waals surface area contributed by atoms with Crippen molar-refractivity contribution in [1.82, 2.24) is 15.5 Å². The van der Waals surface area contributed by atoms with Crippen molar-refractivity contribution in [1.29, 1.82) is 0 Å². The minimum Gasteiger partial charge on any atom is -0.497 e. The van der Waals surface area contributed by atoms with Crippen molar-refractivity contribution in [2.24, 2.45) is 4.99 Å². The van der Waals surface area contributed by atoms with Gasteiger partial charge < -0.3 is 20.1 Å². The predicted octanol–water partition coefficient (Wildman–Crippen LogP) is 3.89. The smallest absolute Gasteiger partial charge is 0.191 e. The number of aliphatic imine (C=N–C) groups is 1. The highest BCUT2D eigenvalue weighted by atomic mass is 127. The van der Waals surface area contributed by atoms with Crippen LogP contribution in [0, 0.1) is 0 Å². The van der Waals surface area contributed by atoms with Crippen molar-refractivity contribution in [2.45, 2.75) is 32.5 Å². The summed E-state index contributed by atoms with van der Waals surface area (Å²) in [5.41, 5.74) is 1.12. The summed E-state index contributed by atoms with van der Waals surface area (Å²) in [6.07, 6.45) is 0.265. The maximum atomic E-state index is 5.74. The topological polar surface area (TPSA) is 58.1 Å². The quantitative estimate of drug-likeness (QED) is 0.300. The Kier molecular flexibility index (Phi) is 10.9. The van der Waals surface area contributed by atoms with Gasteiger partial charge >= 0.3 is 0 Å². The second kappa shape index (κ2) is 13.1. The highest BCUT2D eigenvalue weighted by Gasteiger charge is 2.26. The van der Waals surface area contributed by atoms with E-state index in [1.54, 1.807) is 7.11 Å². The Labute approximate surface area is 201 Å². The van der Waals surface area contributed by atoms with Crippen LogP contribution in [0.4, 0.5) is 0 Å². The first kappa shape index (κ1) is 24.9. The van der Waals surface area contributed by atoms with Crippen molar-refractivity contribution in [3.63, 3.8) is 0 Å². The molecule has 0 spiro atoms. The summed E-state index contributed by atoms with van der Waals surface area (Å²) in [7, 11) is 1.69. The molecule has 166 valence electrons. The fourth-order valence-electron chi connectivity index (χ4n) is 3.50. The Morgan fingerprint density at radius 2 is 2.20 bits per heavy atom. The number of guanidine groups is 1. The van der Waals surface area contributed by atoms with Gasteiger partial charge in [-0.2, -0.15) is 0 Å². The van der Waals surface area contributed by atoms with E-state index in [2.05, 4.69) is 53.0 Å². The molecule has 2 heterocycles. The first-order valence-corrected chi connectivity index (χ1v) is 11.1. The van der Waals surface area contributed by atoms with Crippen molar-refractivity contribution < 1.29 is 9.47 Å². The average molecular weight is 545 g/mol. The third kappa shape index (κ3) is 7.40. The molecular formula is C22H33IN4O2S. The number of nitrogens with zero attached hydrogens (tertiary/aromatic N) is 2. The fourth-order valence-corrected chi connectivity index (χ4v) is 4.36. The van der Waals surface area contributed by atoms with Gasteiger partial charge in [0.1, 0.15) is 5.75 Å². The minimum atomic E-state index is 0. The Hall–Kier alpha value is -1.36. The summed E-state index contributed by atoms with van der Waals surface area (Å²) in [5.74, 6) is 1.69. The Bertz CT molecular complexity index is 772. The van der Waals surface area contributed by atoms with E-state index >= 15 is 0 Å². The molecule has 2 aromatic rings. The number of nitrogens with one attached hydrogen (secondary N) is 2. The summed E-state index contributed by atoms with van der Waals surface area (Å²) in [5, 5.41) is 9.06. The lowest BCUT2D eigenvalue weighted by Gasteiger charge is -2.37. The normalized spacial score (nSPS) is 18.4. The van der Waals surface area contributed by atoms with E-state index in [-0.39, 0.29) is 30.1 Å². The molecule has 0 amide bonds. The van der Waals surface area contributed by atoms with Crippen molar-refractivity contribution in [2.75, 3.05) is 39.9 Å². The Morgan fingerprint density at radius 1 is 1.33 bits per heavy atom. The zero-order chi connectivity index (χ0) is 20.5. The third-order valence-corrected chi connectivity index (χ3v) is 5.92. The number of halogens is 1. The molecule has 3 rings (SSSR count). The van der Waals surface area contributed by atoms with E-state index in [4.69, 9.17) is 14.5 Å². The lowest BCUT2D eigenvalue weighted by Crippen LogP contribution is -2.48. The van der Waals surface area contributed by atoms with E-state index in [1.165, 1.54) is 4.88 Å². The van der Waals surface area contributed by atoms with Gasteiger partial charge in [-0.05, 0) is 43.0 Å². The van der Waals surface area contributed by atoms with Crippen LogP contribution in [-0.4, -0.2) is 56.9 Å². The summed E-state index contributed by atoms with van der Waals surface area (Å²) in [6.45, 7) is 9.14. The number of thiophene rings is 1. The molecular weight excluding hydrogens is 511 g/mol. The van der Waals surface area contributed by atoms with Crippen LogP contribution in [0.3, 0.4) is 0 Å². The zero-order valence-corrected chi connectivity index (χ0v) is 21.1. The zero-order valence-electron chi connectivity index (χ0n) is 18.0. The molecule has 1 aliphatic heterocycles. The van der Waals surface area contributed by atoms with Crippen molar-refractivity contribution >= 4 is 41.3 Å². The highest BCUT2D eigenvalue weighted by molar-refractivity contribution is 14.0. The van der Waals surface area contributed by atoms with E-state index in [0.717, 1.165) is 50.1 Å². The molecule has 1 aromatic carbocycles. The second-order valence-electron chi connectivity index (χ2n) is 7.14. The lowest BCUT2D eigenvalue weighted by molar-refractivity contribution is -0.0334. The van der Waals surface area contributed by atoms with Crippen LogP contribution in [0.2, 0.25) is 0 Å². The molecule has 0 radical (unpaired) electrons. The predicted molar refractivity (Wildman–Crippen MR) is 135 cm³/mol. The number of hydrogen-bond donors (Lipinski definition) is 2. The molecule has 2 atom stereocenters. The third-order valence-electron chi connectivity index (χ3n) is 4.95. The Morgan fingerprint density at radius 3 is 2.90 bits per heavy atom. The van der Waals surface area contributed by atoms with Gasteiger partial charge in [-0.25, -0.2) is 4.99 Å². The van der Waals surface area contributed by atoms with E-state index in [0.29, 0.717) is 12.6 Å². The van der Waals surface area contributed by atoms with Crippen molar-refractivity contribution in [3.05, 3.63) is 52.2 Å². The summed E-state index contributed by atoms with van der Waals surface area (Å²) in [4.78, 5) is 8.65. The summed E-state index contributed by atoms with van der Waals surface area (Å²) < 4.78 is 11.1. The number of benzene rings is 1. The molecule has 0 aliphatic carbocycles. The van der Waals surface area contributed by atoms with Gasteiger partial charge in [-0.1, -0.05) is 18.2 Å². The first-order chi connectivity index (χ1) is 14.2. The summed E-state index contributed by atoms with van der Waals surface area (Å²) >= 11 is 1.81. The molecule has 1 saturated heterocycles. The van der Waals surface area contributed by atoms with Gasteiger partial charge in [-0.15, -0.1) is 35.3 Å². The largest absolute Gasteiger partial charge is 0.497 e. The number of rotatable bonds is 8. The van der Waals surface area contributed by atoms with Crippen LogP contribution in [0.15, 0.2) is 46.8 Å². The Balaban J connectivity index is 0.00000320. The first-order valence-electron chi connectivity index (χ1n) is 10.2. The minimum absolute atomic E-state index is 0. The molecule has 0 saturated carbocycles. The van der Waals surface area contributed by atoms with E-state index in [9.17, 15) is 0 Å². The summed E-state index contributed by atoms with van der Waals surface area (Å²) in [6, 6.07) is 12.7. The number of hydrogen-bond acceptors (Lipinski definition) is 5. The van der Waals surface area contributed by atoms with Crippen LogP contribution in [0.1, 0.15) is 30.3 Å². The molecule has 1 aliphatic rings. The maximum Gasteiger partial charge on any atom is 0.191 e. The second-order valence-corrected chi connectivity index (χ2v) is 8.11. The molecule has 30 heavy (non-hydrogen) atoms. The highest BCUT2D eigenvalue weighted by Crippen LogP contribution is 2.26. The van der Waals surface area contributed by atoms with Crippen molar-refractivity contribution in [3.8, 4) is 5.75 Å². The standard InChI is InChI=1S/C22H32N4O2S.HI/c1-4-23-22(24-14-18-7-5-8-19(13-18)27-3)25-15-20(21-9-6-12-29-21)26-10-11-28-17(2)16-26;/h5-9,12-13,17,20H,4,10-11,14-16H2,1-3H3,(H2,23,24,25);1H. The van der Waals surface area contributed by atoms with Gasteiger partial charge in [0, 0.05) is 31.1 Å². The van der Waals surface area contributed by atoms with E-state index in [1.807, 2.05) is 29.5 Å². The molecule has 1 fully saturated rings. The molecule has 8 heteroatoms. The number of morpholine rings is 1. The van der Waals surface area contributed by atoms with Crippen LogP contribution in [0.5, 0.6) is 5.75 Å². The molecule has 6 nitrogen and oxygen atoms in total. The van der Waals surface area contributed by atoms with Crippen LogP contribution >= 0.6 is 35.3 Å². The molecule has 2 unspecified atom stereocenters. The molecule has 1 aromatic heterocycles. The van der Waals surface area contributed by atoms with Gasteiger partial charge in [0.2, 0.25) is 0 Å². The van der Waals surface area contributed by atoms with Gasteiger partial charge in [0.25, 0.3) is 0 Å². The average Bonchev–Trinajstić information content (AvgIpc) is 3.27. The maximum absolute atomic E-state index is 5.74. The van der Waals surface area contributed by atoms with Gasteiger partial charge in [-0.3, -0.25) is 4.90 Å². The van der Waals surface area contributed by atoms with Crippen LogP contribution in [-0.2, 0) is 11.3 Å². The van der Waals surface area contributed by atoms with E-state index < -0.39 is 0 Å². The van der Waals surface area contributed by atoms with Gasteiger partial charge in [0.05, 0.1) is 32.4 Å². The van der Waals surface area contributed by atoms with Crippen LogP contribution < -0.4 is 15.4 Å². The van der Waals surface area contributed by atoms with Gasteiger partial charge in [0.15, 0.2) is 5.96 Å².